The Kier molecular flexibility index (Phi) is 4.98. The van der Waals surface area contributed by atoms with Crippen molar-refractivity contribution in [1.82, 2.24) is 25.0 Å². The number of nitrogens with zero attached hydrogens (tertiary/aromatic N) is 4. The first kappa shape index (κ1) is 19.0. The number of aromatic nitrogens is 3. The number of piperazine rings is 1. The van der Waals surface area contributed by atoms with Gasteiger partial charge in [-0.15, -0.1) is 0 Å². The third-order valence-corrected chi connectivity index (χ3v) is 4.69. The molecule has 1 fully saturated rings. The fraction of sp³-hybridized carbons (Fsp3) is 0.158. The molecule has 148 valence electrons. The van der Waals surface area contributed by atoms with Gasteiger partial charge in [0.2, 0.25) is 5.91 Å². The molecule has 0 unspecified atom stereocenters. The zero-order valence-corrected chi connectivity index (χ0v) is 15.7. The maximum Gasteiger partial charge on any atom is 0.274 e. The normalized spacial score (nSPS) is 14.0. The molecule has 1 N–H and O–H groups in total. The highest BCUT2D eigenvalue weighted by molar-refractivity contribution is 6.30. The molecule has 1 saturated heterocycles. The first-order valence-electron chi connectivity index (χ1n) is 8.65. The quantitative estimate of drug-likeness (QED) is 0.710. The molecule has 1 aromatic carbocycles. The summed E-state index contributed by atoms with van der Waals surface area (Å²) in [6.45, 7) is 0.612. The minimum absolute atomic E-state index is 0.0550. The van der Waals surface area contributed by atoms with Crippen LogP contribution >= 0.6 is 11.6 Å². The van der Waals surface area contributed by atoms with E-state index in [4.69, 9.17) is 11.6 Å². The van der Waals surface area contributed by atoms with Crippen LogP contribution in [0.4, 0.5) is 8.78 Å². The van der Waals surface area contributed by atoms with Crippen molar-refractivity contribution < 1.29 is 18.4 Å². The van der Waals surface area contributed by atoms with E-state index < -0.39 is 17.5 Å². The van der Waals surface area contributed by atoms with E-state index in [0.29, 0.717) is 30.0 Å². The maximum atomic E-state index is 13.7. The number of halogens is 3. The molecule has 7 nitrogen and oxygen atoms in total. The van der Waals surface area contributed by atoms with E-state index in [1.165, 1.54) is 46.1 Å². The molecule has 1 aliphatic heterocycles. The summed E-state index contributed by atoms with van der Waals surface area (Å²) in [7, 11) is 0. The summed E-state index contributed by atoms with van der Waals surface area (Å²) in [5.41, 5.74) is 1.17. The molecule has 10 heteroatoms. The molecule has 0 atom stereocenters. The summed E-state index contributed by atoms with van der Waals surface area (Å²) >= 11 is 5.89. The van der Waals surface area contributed by atoms with E-state index in [9.17, 15) is 18.4 Å². The van der Waals surface area contributed by atoms with Gasteiger partial charge < -0.3 is 10.2 Å². The first-order valence-corrected chi connectivity index (χ1v) is 9.02. The highest BCUT2D eigenvalue weighted by atomic mass is 35.5. The number of pyridine rings is 1. The van der Waals surface area contributed by atoms with Gasteiger partial charge >= 0.3 is 0 Å². The molecule has 1 aliphatic rings. The van der Waals surface area contributed by atoms with Gasteiger partial charge in [-0.2, -0.15) is 5.10 Å². The van der Waals surface area contributed by atoms with Crippen LogP contribution in [0.2, 0.25) is 5.02 Å². The number of carbonyl (C=O) groups excluding carboxylic acids is 2. The van der Waals surface area contributed by atoms with Gasteiger partial charge in [-0.3, -0.25) is 14.6 Å². The van der Waals surface area contributed by atoms with Gasteiger partial charge in [-0.05, 0) is 30.3 Å². The van der Waals surface area contributed by atoms with Crippen LogP contribution in [0.5, 0.6) is 0 Å². The lowest BCUT2D eigenvalue weighted by molar-refractivity contribution is -0.123. The average Bonchev–Trinajstić information content (AvgIpc) is 3.15. The van der Waals surface area contributed by atoms with Crippen LogP contribution in [0.3, 0.4) is 0 Å². The van der Waals surface area contributed by atoms with Gasteiger partial charge in [0.05, 0.1) is 29.1 Å². The number of rotatable bonds is 3. The van der Waals surface area contributed by atoms with E-state index in [-0.39, 0.29) is 23.2 Å². The third-order valence-electron chi connectivity index (χ3n) is 4.40. The Labute approximate surface area is 168 Å². The van der Waals surface area contributed by atoms with Gasteiger partial charge in [-0.1, -0.05) is 11.6 Å². The van der Waals surface area contributed by atoms with Crippen LogP contribution in [-0.4, -0.2) is 51.1 Å². The van der Waals surface area contributed by atoms with Gasteiger partial charge in [-0.25, -0.2) is 13.5 Å². The molecular formula is C19H14ClF2N5O2. The molecule has 3 heterocycles. The number of carbonyl (C=O) groups is 2. The first-order chi connectivity index (χ1) is 13.9. The molecule has 0 aliphatic carbocycles. The lowest BCUT2D eigenvalue weighted by Crippen LogP contribution is -2.50. The SMILES string of the molecule is O=C1CN(C(=O)c2cc(-c3cncc(F)c3)n(-c3ccc(F)c(Cl)c3)n2)CCN1. The van der Waals surface area contributed by atoms with Crippen LogP contribution in [0, 0.1) is 11.6 Å². The number of amides is 2. The molecular weight excluding hydrogens is 404 g/mol. The van der Waals surface area contributed by atoms with E-state index in [1.807, 2.05) is 0 Å². The second kappa shape index (κ2) is 7.59. The molecule has 3 aromatic rings. The Hall–Kier alpha value is -3.33. The van der Waals surface area contributed by atoms with Crippen molar-refractivity contribution in [1.29, 1.82) is 0 Å². The fourth-order valence-electron chi connectivity index (χ4n) is 3.03. The van der Waals surface area contributed by atoms with Gasteiger partial charge in [0, 0.05) is 24.8 Å². The maximum absolute atomic E-state index is 13.7. The van der Waals surface area contributed by atoms with Crippen molar-refractivity contribution in [2.24, 2.45) is 0 Å². The number of hydrogen-bond acceptors (Lipinski definition) is 4. The molecule has 2 aromatic heterocycles. The predicted octanol–water partition coefficient (Wildman–Crippen LogP) is 2.44. The molecule has 2 amide bonds. The Bertz CT molecular complexity index is 1120. The Morgan fingerprint density at radius 3 is 2.72 bits per heavy atom. The Balaban J connectivity index is 1.81. The second-order valence-corrected chi connectivity index (χ2v) is 6.80. The standard InChI is InChI=1S/C19H14ClF2N5O2/c20-14-6-13(1-2-15(14)22)27-17(11-5-12(21)9-23-8-11)7-16(25-27)19(29)26-4-3-24-18(28)10-26/h1-2,5-9H,3-4,10H2,(H,24,28). The predicted molar refractivity (Wildman–Crippen MR) is 101 cm³/mol. The highest BCUT2D eigenvalue weighted by Crippen LogP contribution is 2.27. The van der Waals surface area contributed by atoms with E-state index in [0.717, 1.165) is 6.20 Å². The van der Waals surface area contributed by atoms with Gasteiger partial charge in [0.1, 0.15) is 11.6 Å². The summed E-state index contributed by atoms with van der Waals surface area (Å²) in [6, 6.07) is 6.68. The van der Waals surface area contributed by atoms with Crippen LogP contribution < -0.4 is 5.32 Å². The third kappa shape index (κ3) is 3.81. The molecule has 29 heavy (non-hydrogen) atoms. The van der Waals surface area contributed by atoms with Crippen molar-refractivity contribution in [3.8, 4) is 16.9 Å². The summed E-state index contributed by atoms with van der Waals surface area (Å²) in [5.74, 6) is -1.87. The lowest BCUT2D eigenvalue weighted by atomic mass is 10.2. The second-order valence-electron chi connectivity index (χ2n) is 6.39. The summed E-state index contributed by atoms with van der Waals surface area (Å²) < 4.78 is 28.7. The lowest BCUT2D eigenvalue weighted by Gasteiger charge is -2.25. The monoisotopic (exact) mass is 417 g/mol. The molecule has 4 rings (SSSR count). The van der Waals surface area contributed by atoms with E-state index in [2.05, 4.69) is 15.4 Å². The number of hydrogen-bond donors (Lipinski definition) is 1. The summed E-state index contributed by atoms with van der Waals surface area (Å²) in [6.07, 6.45) is 2.47. The minimum atomic E-state index is -0.604. The van der Waals surface area contributed by atoms with Crippen LogP contribution in [-0.2, 0) is 4.79 Å². The van der Waals surface area contributed by atoms with Gasteiger partial charge in [0.15, 0.2) is 5.69 Å². The van der Waals surface area contributed by atoms with Crippen LogP contribution in [0.25, 0.3) is 16.9 Å². The Morgan fingerprint density at radius 1 is 1.17 bits per heavy atom. The minimum Gasteiger partial charge on any atom is -0.353 e. The average molecular weight is 418 g/mol. The number of benzene rings is 1. The van der Waals surface area contributed by atoms with E-state index in [1.54, 1.807) is 0 Å². The van der Waals surface area contributed by atoms with E-state index >= 15 is 0 Å². The van der Waals surface area contributed by atoms with Crippen molar-refractivity contribution >= 4 is 23.4 Å². The molecule has 0 saturated carbocycles. The van der Waals surface area contributed by atoms with Crippen molar-refractivity contribution in [3.05, 3.63) is 65.1 Å². The molecule has 0 radical (unpaired) electrons. The Morgan fingerprint density at radius 2 is 2.00 bits per heavy atom. The highest BCUT2D eigenvalue weighted by Gasteiger charge is 2.26. The van der Waals surface area contributed by atoms with Crippen molar-refractivity contribution in [2.75, 3.05) is 19.6 Å². The zero-order valence-electron chi connectivity index (χ0n) is 14.9. The smallest absolute Gasteiger partial charge is 0.274 e. The fourth-order valence-corrected chi connectivity index (χ4v) is 3.21. The molecule has 0 bridgehead atoms. The van der Waals surface area contributed by atoms with Crippen LogP contribution in [0.1, 0.15) is 10.5 Å². The van der Waals surface area contributed by atoms with Crippen molar-refractivity contribution in [3.63, 3.8) is 0 Å². The number of nitrogens with one attached hydrogen (secondary N) is 1. The zero-order chi connectivity index (χ0) is 20.5. The van der Waals surface area contributed by atoms with Crippen molar-refractivity contribution in [2.45, 2.75) is 0 Å². The summed E-state index contributed by atoms with van der Waals surface area (Å²) in [4.78, 5) is 29.7. The van der Waals surface area contributed by atoms with Crippen LogP contribution in [0.15, 0.2) is 42.7 Å². The summed E-state index contributed by atoms with van der Waals surface area (Å²) in [5, 5.41) is 6.84. The largest absolute Gasteiger partial charge is 0.353 e. The molecule has 0 spiro atoms. The van der Waals surface area contributed by atoms with Gasteiger partial charge in [0.25, 0.3) is 5.91 Å². The topological polar surface area (TPSA) is 80.1 Å².